The minimum Gasteiger partial charge on any atom is -0.342 e. The Balaban J connectivity index is 1.36. The number of carbonyl (C=O) groups excluding carboxylic acids is 2. The fraction of sp³-hybridized carbons (Fsp3) is 0.522. The normalized spacial score (nSPS) is 18.2. The predicted octanol–water partition coefficient (Wildman–Crippen LogP) is 4.98. The average Bonchev–Trinajstić information content (AvgIpc) is 3.29. The summed E-state index contributed by atoms with van der Waals surface area (Å²) in [5, 5.41) is 2.57. The highest BCUT2D eigenvalue weighted by Gasteiger charge is 2.31. The molecule has 1 aromatic carbocycles. The van der Waals surface area contributed by atoms with Crippen LogP contribution in [0, 0.1) is 17.6 Å². The summed E-state index contributed by atoms with van der Waals surface area (Å²) in [5.41, 5.74) is 0.266. The molecule has 0 atom stereocenters. The molecule has 1 saturated heterocycles. The molecule has 1 saturated carbocycles. The molecule has 0 spiro atoms. The number of hydrogen-bond acceptors (Lipinski definition) is 4. The third kappa shape index (κ3) is 4.79. The van der Waals surface area contributed by atoms with Crippen LogP contribution < -0.4 is 4.90 Å². The number of piperidine rings is 1. The van der Waals surface area contributed by atoms with Gasteiger partial charge in [0.2, 0.25) is 5.91 Å². The number of carbonyl (C=O) groups is 2. The molecule has 2 amide bonds. The van der Waals surface area contributed by atoms with Gasteiger partial charge in [0, 0.05) is 43.4 Å². The summed E-state index contributed by atoms with van der Waals surface area (Å²) in [6, 6.07) is 3.12. The quantitative estimate of drug-likeness (QED) is 0.664. The second-order valence-corrected chi connectivity index (χ2v) is 9.36. The van der Waals surface area contributed by atoms with E-state index in [4.69, 9.17) is 0 Å². The first-order valence-electron chi connectivity index (χ1n) is 10.9. The predicted molar refractivity (Wildman–Crippen MR) is 116 cm³/mol. The van der Waals surface area contributed by atoms with E-state index in [0.717, 1.165) is 73.7 Å². The first-order valence-corrected chi connectivity index (χ1v) is 11.8. The van der Waals surface area contributed by atoms with Crippen molar-refractivity contribution < 1.29 is 18.4 Å². The molecule has 1 aliphatic heterocycles. The van der Waals surface area contributed by atoms with Crippen molar-refractivity contribution in [3.05, 3.63) is 45.9 Å². The van der Waals surface area contributed by atoms with Crippen molar-refractivity contribution in [3.63, 3.8) is 0 Å². The molecule has 0 N–H and O–H groups in total. The third-order valence-corrected chi connectivity index (χ3v) is 7.43. The van der Waals surface area contributed by atoms with E-state index in [1.165, 1.54) is 30.9 Å². The van der Waals surface area contributed by atoms with Gasteiger partial charge < -0.3 is 9.80 Å². The lowest BCUT2D eigenvalue weighted by atomic mass is 9.87. The van der Waals surface area contributed by atoms with Crippen LogP contribution in [0.3, 0.4) is 0 Å². The number of nitrogens with zero attached hydrogens (tertiary/aromatic N) is 3. The summed E-state index contributed by atoms with van der Waals surface area (Å²) in [5.74, 6) is -1.20. The van der Waals surface area contributed by atoms with Crippen LogP contribution in [0.15, 0.2) is 23.6 Å². The van der Waals surface area contributed by atoms with E-state index in [0.29, 0.717) is 5.91 Å². The highest BCUT2D eigenvalue weighted by atomic mass is 32.1. The number of rotatable bonds is 4. The van der Waals surface area contributed by atoms with E-state index in [9.17, 15) is 18.4 Å². The molecule has 0 radical (unpaired) electrons. The maximum absolute atomic E-state index is 14.0. The Morgan fingerprint density at radius 2 is 1.81 bits per heavy atom. The molecule has 8 heteroatoms. The van der Waals surface area contributed by atoms with Gasteiger partial charge in [-0.05, 0) is 37.8 Å². The van der Waals surface area contributed by atoms with Gasteiger partial charge in [-0.1, -0.05) is 19.3 Å². The summed E-state index contributed by atoms with van der Waals surface area (Å²) < 4.78 is 27.2. The van der Waals surface area contributed by atoms with Crippen LogP contribution in [0.25, 0.3) is 0 Å². The number of hydrogen-bond donors (Lipinski definition) is 0. The lowest BCUT2D eigenvalue weighted by Crippen LogP contribution is -2.41. The Morgan fingerprint density at radius 1 is 1.10 bits per heavy atom. The topological polar surface area (TPSA) is 53.5 Å². The van der Waals surface area contributed by atoms with Crippen molar-refractivity contribution in [3.8, 4) is 0 Å². The fourth-order valence-electron chi connectivity index (χ4n) is 4.56. The lowest BCUT2D eigenvalue weighted by Gasteiger charge is -2.34. The van der Waals surface area contributed by atoms with Crippen LogP contribution >= 0.6 is 11.3 Å². The van der Waals surface area contributed by atoms with Gasteiger partial charge in [-0.2, -0.15) is 0 Å². The zero-order chi connectivity index (χ0) is 22.0. The standard InChI is InChI=1S/C23H27F2N3O2S/c1-27(20-8-7-17(24)13-18(20)25)23(30)19-14-31-21(26-19)15-9-11-28(12-10-15)22(29)16-5-3-2-4-6-16/h7-8,13-16H,2-6,9-12H2,1H3. The maximum atomic E-state index is 14.0. The first kappa shape index (κ1) is 21.9. The zero-order valence-corrected chi connectivity index (χ0v) is 18.5. The minimum atomic E-state index is -0.790. The minimum absolute atomic E-state index is 0.00971. The molecule has 31 heavy (non-hydrogen) atoms. The van der Waals surface area contributed by atoms with E-state index >= 15 is 0 Å². The molecular formula is C23H27F2N3O2S. The number of aromatic nitrogens is 1. The van der Waals surface area contributed by atoms with Crippen LogP contribution in [0.2, 0.25) is 0 Å². The average molecular weight is 448 g/mol. The number of anilines is 1. The van der Waals surface area contributed by atoms with Crippen LogP contribution in [0.4, 0.5) is 14.5 Å². The largest absolute Gasteiger partial charge is 0.342 e. The van der Waals surface area contributed by atoms with Crippen molar-refractivity contribution >= 4 is 28.8 Å². The Labute approximate surface area is 185 Å². The third-order valence-electron chi connectivity index (χ3n) is 6.43. The molecule has 2 aromatic rings. The molecular weight excluding hydrogens is 420 g/mol. The van der Waals surface area contributed by atoms with Gasteiger partial charge >= 0.3 is 0 Å². The highest BCUT2D eigenvalue weighted by molar-refractivity contribution is 7.10. The Morgan fingerprint density at radius 3 is 2.48 bits per heavy atom. The van der Waals surface area contributed by atoms with E-state index in [2.05, 4.69) is 4.98 Å². The van der Waals surface area contributed by atoms with Crippen molar-refractivity contribution in [2.24, 2.45) is 5.92 Å². The van der Waals surface area contributed by atoms with E-state index in [-0.39, 0.29) is 23.2 Å². The van der Waals surface area contributed by atoms with Crippen molar-refractivity contribution in [1.82, 2.24) is 9.88 Å². The van der Waals surface area contributed by atoms with Gasteiger partial charge in [0.05, 0.1) is 10.7 Å². The first-order chi connectivity index (χ1) is 14.9. The summed E-state index contributed by atoms with van der Waals surface area (Å²) in [6.45, 7) is 1.45. The van der Waals surface area contributed by atoms with Crippen LogP contribution in [-0.4, -0.2) is 41.8 Å². The molecule has 2 aliphatic rings. The van der Waals surface area contributed by atoms with Crippen molar-refractivity contribution in [1.29, 1.82) is 0 Å². The summed E-state index contributed by atoms with van der Waals surface area (Å²) >= 11 is 1.43. The number of halogens is 2. The van der Waals surface area contributed by atoms with Crippen LogP contribution in [0.5, 0.6) is 0 Å². The van der Waals surface area contributed by atoms with Crippen LogP contribution in [0.1, 0.15) is 66.4 Å². The molecule has 0 unspecified atom stereocenters. The zero-order valence-electron chi connectivity index (χ0n) is 17.7. The SMILES string of the molecule is CN(C(=O)c1csc(C2CCN(C(=O)C3CCCCC3)CC2)n1)c1ccc(F)cc1F. The van der Waals surface area contributed by atoms with Crippen molar-refractivity contribution in [2.75, 3.05) is 25.0 Å². The van der Waals surface area contributed by atoms with E-state index < -0.39 is 17.5 Å². The summed E-state index contributed by atoms with van der Waals surface area (Å²) in [7, 11) is 1.45. The number of thiazole rings is 1. The Hall–Kier alpha value is -2.35. The molecule has 166 valence electrons. The highest BCUT2D eigenvalue weighted by Crippen LogP contribution is 2.33. The van der Waals surface area contributed by atoms with Gasteiger partial charge in [0.1, 0.15) is 17.3 Å². The number of benzene rings is 1. The fourth-order valence-corrected chi connectivity index (χ4v) is 5.53. The number of likely N-dealkylation sites (tertiary alicyclic amines) is 1. The monoisotopic (exact) mass is 447 g/mol. The molecule has 1 aliphatic carbocycles. The molecule has 4 rings (SSSR count). The molecule has 0 bridgehead atoms. The van der Waals surface area contributed by atoms with Gasteiger partial charge in [-0.25, -0.2) is 13.8 Å². The van der Waals surface area contributed by atoms with Crippen molar-refractivity contribution in [2.45, 2.75) is 50.9 Å². The molecule has 2 fully saturated rings. The second kappa shape index (κ2) is 9.42. The van der Waals surface area contributed by atoms with E-state index in [1.54, 1.807) is 5.38 Å². The Bertz CT molecular complexity index is 950. The van der Waals surface area contributed by atoms with Crippen LogP contribution in [-0.2, 0) is 4.79 Å². The smallest absolute Gasteiger partial charge is 0.277 e. The summed E-state index contributed by atoms with van der Waals surface area (Å²) in [4.78, 5) is 33.2. The van der Waals surface area contributed by atoms with Gasteiger partial charge in [0.25, 0.3) is 5.91 Å². The molecule has 2 heterocycles. The lowest BCUT2D eigenvalue weighted by molar-refractivity contribution is -0.137. The second-order valence-electron chi connectivity index (χ2n) is 8.47. The Kier molecular flexibility index (Phi) is 6.65. The molecule has 1 aromatic heterocycles. The summed E-state index contributed by atoms with van der Waals surface area (Å²) in [6.07, 6.45) is 7.24. The maximum Gasteiger partial charge on any atom is 0.277 e. The van der Waals surface area contributed by atoms with Gasteiger partial charge in [-0.15, -0.1) is 11.3 Å². The number of amides is 2. The van der Waals surface area contributed by atoms with Gasteiger partial charge in [-0.3, -0.25) is 9.59 Å². The van der Waals surface area contributed by atoms with E-state index in [1.807, 2.05) is 4.90 Å². The molecule has 5 nitrogen and oxygen atoms in total. The van der Waals surface area contributed by atoms with Gasteiger partial charge in [0.15, 0.2) is 0 Å².